The van der Waals surface area contributed by atoms with Gasteiger partial charge in [0.05, 0.1) is 30.8 Å². The summed E-state index contributed by atoms with van der Waals surface area (Å²) >= 11 is 0. The molecule has 2 fully saturated rings. The molecule has 3 atom stereocenters. The standard InChI is InChI=1S/C21H24F3N7O4/c1-21(3-4-21)27-20(32)35-14-9-34-17(16(14)22)11-6-15(29-28-11)26-19-13-5-10(8-33-2)30-31(13)7-12(25-19)18(23)24/h5-7,14,16-18H,3-4,8-9H2,1-2H3,(H,27,32)(H2,25,26,28,29)/t14-,16+,17-/m0/s1. The summed E-state index contributed by atoms with van der Waals surface area (Å²) in [6.45, 7) is 1.96. The van der Waals surface area contributed by atoms with Gasteiger partial charge in [0.1, 0.15) is 17.3 Å². The molecule has 5 rings (SSSR count). The van der Waals surface area contributed by atoms with Crippen molar-refractivity contribution in [1.82, 2.24) is 30.1 Å². The molecule has 3 aromatic rings. The highest BCUT2D eigenvalue weighted by atomic mass is 19.3. The molecule has 3 aromatic heterocycles. The summed E-state index contributed by atoms with van der Waals surface area (Å²) in [4.78, 5) is 16.0. The highest BCUT2D eigenvalue weighted by Gasteiger charge is 2.44. The van der Waals surface area contributed by atoms with Crippen molar-refractivity contribution < 1.29 is 32.2 Å². The van der Waals surface area contributed by atoms with Crippen molar-refractivity contribution in [2.24, 2.45) is 0 Å². The Morgan fingerprint density at radius 1 is 1.40 bits per heavy atom. The van der Waals surface area contributed by atoms with Crippen LogP contribution < -0.4 is 10.6 Å². The number of hydrogen-bond donors (Lipinski definition) is 3. The molecule has 0 radical (unpaired) electrons. The molecule has 0 spiro atoms. The quantitative estimate of drug-likeness (QED) is 0.434. The number of carbonyl (C=O) groups excluding carboxylic acids is 1. The van der Waals surface area contributed by atoms with Gasteiger partial charge >= 0.3 is 6.09 Å². The van der Waals surface area contributed by atoms with E-state index in [0.29, 0.717) is 11.2 Å². The number of alkyl carbamates (subject to hydrolysis) is 1. The molecule has 2 aliphatic rings. The molecular formula is C21H24F3N7O4. The Labute approximate surface area is 197 Å². The van der Waals surface area contributed by atoms with Crippen LogP contribution >= 0.6 is 0 Å². The van der Waals surface area contributed by atoms with E-state index in [1.165, 1.54) is 17.7 Å². The van der Waals surface area contributed by atoms with Crippen molar-refractivity contribution in [2.45, 2.75) is 56.7 Å². The van der Waals surface area contributed by atoms with Crippen molar-refractivity contribution in [3.8, 4) is 0 Å². The van der Waals surface area contributed by atoms with Crippen LogP contribution in [-0.2, 0) is 20.8 Å². The first-order valence-corrected chi connectivity index (χ1v) is 11.0. The second-order valence-corrected chi connectivity index (χ2v) is 8.87. The lowest BCUT2D eigenvalue weighted by molar-refractivity contribution is 0.0604. The van der Waals surface area contributed by atoms with Crippen molar-refractivity contribution in [3.05, 3.63) is 35.4 Å². The zero-order valence-corrected chi connectivity index (χ0v) is 18.9. The maximum atomic E-state index is 15.0. The molecule has 0 aromatic carbocycles. The number of amides is 1. The van der Waals surface area contributed by atoms with Crippen molar-refractivity contribution >= 4 is 23.2 Å². The lowest BCUT2D eigenvalue weighted by Gasteiger charge is -2.17. The van der Waals surface area contributed by atoms with Gasteiger partial charge < -0.3 is 24.8 Å². The fourth-order valence-electron chi connectivity index (χ4n) is 3.81. The van der Waals surface area contributed by atoms with E-state index in [-0.39, 0.29) is 36.1 Å². The number of rotatable bonds is 8. The molecule has 1 aliphatic heterocycles. The van der Waals surface area contributed by atoms with Crippen molar-refractivity contribution in [2.75, 3.05) is 19.0 Å². The first-order chi connectivity index (χ1) is 16.7. The zero-order chi connectivity index (χ0) is 24.7. The average molecular weight is 495 g/mol. The molecule has 4 heterocycles. The van der Waals surface area contributed by atoms with Crippen LogP contribution in [0.25, 0.3) is 5.52 Å². The summed E-state index contributed by atoms with van der Waals surface area (Å²) in [5.74, 6) is 0.293. The number of carbonyl (C=O) groups is 1. The minimum absolute atomic E-state index is 0.0892. The topological polar surface area (TPSA) is 128 Å². The van der Waals surface area contributed by atoms with Crippen LogP contribution in [0.1, 0.15) is 49.4 Å². The maximum absolute atomic E-state index is 15.0. The Bertz CT molecular complexity index is 1230. The SMILES string of the molecule is COCc1cc2c(Nc3cc([C@@H]4OC[C@H](OC(=O)NC5(C)CC5)[C@H]4F)[nH]n3)nc(C(F)F)cn2n1. The fourth-order valence-corrected chi connectivity index (χ4v) is 3.81. The smallest absolute Gasteiger partial charge is 0.408 e. The number of nitrogens with one attached hydrogen (secondary N) is 3. The Kier molecular flexibility index (Phi) is 6.01. The van der Waals surface area contributed by atoms with Crippen LogP contribution in [0, 0.1) is 0 Å². The van der Waals surface area contributed by atoms with E-state index < -0.39 is 36.6 Å². The third-order valence-corrected chi connectivity index (χ3v) is 5.94. The number of aromatic nitrogens is 5. The average Bonchev–Trinajstić information content (AvgIpc) is 3.14. The normalized spacial score (nSPS) is 23.1. The molecule has 0 bridgehead atoms. The molecule has 1 amide bonds. The van der Waals surface area contributed by atoms with Crippen LogP contribution in [0.15, 0.2) is 18.3 Å². The van der Waals surface area contributed by atoms with E-state index in [1.54, 1.807) is 6.07 Å². The summed E-state index contributed by atoms with van der Waals surface area (Å²) in [5, 5.41) is 16.6. The summed E-state index contributed by atoms with van der Waals surface area (Å²) in [6, 6.07) is 3.12. The predicted octanol–water partition coefficient (Wildman–Crippen LogP) is 3.34. The number of fused-ring (bicyclic) bond motifs is 1. The number of halogens is 3. The van der Waals surface area contributed by atoms with Crippen LogP contribution in [0.4, 0.5) is 29.6 Å². The number of alkyl halides is 3. The van der Waals surface area contributed by atoms with E-state index >= 15 is 0 Å². The summed E-state index contributed by atoms with van der Waals surface area (Å²) in [5.41, 5.74) is 0.471. The van der Waals surface area contributed by atoms with Gasteiger partial charge in [-0.25, -0.2) is 27.5 Å². The van der Waals surface area contributed by atoms with Crippen LogP contribution in [0.5, 0.6) is 0 Å². The Hall–Kier alpha value is -3.39. The summed E-state index contributed by atoms with van der Waals surface area (Å²) < 4.78 is 58.8. The van der Waals surface area contributed by atoms with Crippen LogP contribution in [0.3, 0.4) is 0 Å². The lowest BCUT2D eigenvalue weighted by Crippen LogP contribution is -2.39. The first kappa shape index (κ1) is 23.4. The molecule has 35 heavy (non-hydrogen) atoms. The van der Waals surface area contributed by atoms with Gasteiger partial charge in [0.15, 0.2) is 23.9 Å². The molecule has 3 N–H and O–H groups in total. The minimum atomic E-state index is -2.82. The maximum Gasteiger partial charge on any atom is 0.408 e. The van der Waals surface area contributed by atoms with E-state index in [2.05, 4.69) is 30.9 Å². The van der Waals surface area contributed by atoms with E-state index in [9.17, 15) is 18.0 Å². The van der Waals surface area contributed by atoms with Crippen molar-refractivity contribution in [1.29, 1.82) is 0 Å². The van der Waals surface area contributed by atoms with Gasteiger partial charge in [0.25, 0.3) is 6.43 Å². The Morgan fingerprint density at radius 2 is 2.20 bits per heavy atom. The third kappa shape index (κ3) is 4.89. The van der Waals surface area contributed by atoms with Gasteiger partial charge in [-0.15, -0.1) is 0 Å². The van der Waals surface area contributed by atoms with Gasteiger partial charge in [-0.2, -0.15) is 10.2 Å². The van der Waals surface area contributed by atoms with Gasteiger partial charge in [-0.05, 0) is 25.8 Å². The molecule has 1 saturated carbocycles. The third-order valence-electron chi connectivity index (χ3n) is 5.94. The van der Waals surface area contributed by atoms with E-state index in [4.69, 9.17) is 14.2 Å². The second kappa shape index (κ2) is 9.00. The second-order valence-electron chi connectivity index (χ2n) is 8.87. The van der Waals surface area contributed by atoms with Crippen LogP contribution in [-0.4, -0.2) is 62.4 Å². The Morgan fingerprint density at radius 3 is 2.91 bits per heavy atom. The summed E-state index contributed by atoms with van der Waals surface area (Å²) in [7, 11) is 1.50. The van der Waals surface area contributed by atoms with Gasteiger partial charge in [0, 0.05) is 18.7 Å². The summed E-state index contributed by atoms with van der Waals surface area (Å²) in [6.07, 6.45) is -4.41. The number of nitrogens with zero attached hydrogens (tertiary/aromatic N) is 4. The first-order valence-electron chi connectivity index (χ1n) is 11.0. The van der Waals surface area contributed by atoms with E-state index in [0.717, 1.165) is 19.0 Å². The lowest BCUT2D eigenvalue weighted by atomic mass is 10.1. The number of methoxy groups -OCH3 is 1. The molecule has 0 unspecified atom stereocenters. The number of aromatic amines is 1. The van der Waals surface area contributed by atoms with Crippen LogP contribution in [0.2, 0.25) is 0 Å². The largest absolute Gasteiger partial charge is 0.441 e. The fraction of sp³-hybridized carbons (Fsp3) is 0.524. The molecule has 14 heteroatoms. The number of ether oxygens (including phenoxy) is 3. The highest BCUT2D eigenvalue weighted by molar-refractivity contribution is 5.72. The van der Waals surface area contributed by atoms with Gasteiger partial charge in [0.2, 0.25) is 0 Å². The number of H-pyrrole nitrogens is 1. The molecular weight excluding hydrogens is 471 g/mol. The highest BCUT2D eigenvalue weighted by Crippen LogP contribution is 2.36. The molecule has 11 nitrogen and oxygen atoms in total. The minimum Gasteiger partial charge on any atom is -0.441 e. The number of anilines is 2. The zero-order valence-electron chi connectivity index (χ0n) is 18.9. The molecule has 188 valence electrons. The Balaban J connectivity index is 1.30. The van der Waals surface area contributed by atoms with Gasteiger partial charge in [-0.3, -0.25) is 5.10 Å². The van der Waals surface area contributed by atoms with E-state index in [1.807, 2.05) is 6.92 Å². The van der Waals surface area contributed by atoms with Gasteiger partial charge in [-0.1, -0.05) is 0 Å². The molecule has 1 saturated heterocycles. The monoisotopic (exact) mass is 495 g/mol. The number of hydrogen-bond acceptors (Lipinski definition) is 8. The predicted molar refractivity (Wildman–Crippen MR) is 115 cm³/mol. The molecule has 1 aliphatic carbocycles. The van der Waals surface area contributed by atoms with Crippen molar-refractivity contribution in [3.63, 3.8) is 0 Å².